The summed E-state index contributed by atoms with van der Waals surface area (Å²) in [4.78, 5) is 26.2. The lowest BCUT2D eigenvalue weighted by molar-refractivity contribution is -0.138. The standard InChI is InChI=1S/C10H20N2O2S/c1-4-12(5-2)10(14)8-11(3)9(13)6-7-15/h15H,4-8H2,1-3H3. The second kappa shape index (κ2) is 7.56. The van der Waals surface area contributed by atoms with Gasteiger partial charge in [-0.25, -0.2) is 0 Å². The number of thiol groups is 1. The average molecular weight is 232 g/mol. The lowest BCUT2D eigenvalue weighted by atomic mass is 10.3. The number of hydrogen-bond donors (Lipinski definition) is 1. The first-order valence-electron chi connectivity index (χ1n) is 5.19. The van der Waals surface area contributed by atoms with Gasteiger partial charge in [0.15, 0.2) is 0 Å². The molecule has 0 N–H and O–H groups in total. The van der Waals surface area contributed by atoms with Crippen LogP contribution in [0.15, 0.2) is 0 Å². The van der Waals surface area contributed by atoms with E-state index in [-0.39, 0.29) is 18.4 Å². The topological polar surface area (TPSA) is 40.6 Å². The van der Waals surface area contributed by atoms with Crippen LogP contribution in [0.5, 0.6) is 0 Å². The molecule has 0 aromatic rings. The number of nitrogens with zero attached hydrogens (tertiary/aromatic N) is 2. The summed E-state index contributed by atoms with van der Waals surface area (Å²) in [5, 5.41) is 0. The van der Waals surface area contributed by atoms with Gasteiger partial charge in [-0.05, 0) is 19.6 Å². The molecular formula is C10H20N2O2S. The number of carbonyl (C=O) groups is 2. The van der Waals surface area contributed by atoms with E-state index < -0.39 is 0 Å². The summed E-state index contributed by atoms with van der Waals surface area (Å²) in [6.07, 6.45) is 0.380. The fourth-order valence-electron chi connectivity index (χ4n) is 1.25. The smallest absolute Gasteiger partial charge is 0.242 e. The highest BCUT2D eigenvalue weighted by Crippen LogP contribution is 1.96. The molecule has 0 fully saturated rings. The third kappa shape index (κ3) is 5.06. The van der Waals surface area contributed by atoms with E-state index in [0.717, 1.165) is 0 Å². The predicted octanol–water partition coefficient (Wildman–Crippen LogP) is 0.633. The Hall–Kier alpha value is -0.710. The summed E-state index contributed by atoms with van der Waals surface area (Å²) < 4.78 is 0. The molecule has 0 heterocycles. The van der Waals surface area contributed by atoms with E-state index in [0.29, 0.717) is 25.3 Å². The molecule has 0 aromatic carbocycles. The molecule has 0 rings (SSSR count). The van der Waals surface area contributed by atoms with Gasteiger partial charge in [0, 0.05) is 26.6 Å². The first kappa shape index (κ1) is 14.3. The summed E-state index contributed by atoms with van der Waals surface area (Å²) in [6.45, 7) is 5.38. The molecular weight excluding hydrogens is 212 g/mol. The summed E-state index contributed by atoms with van der Waals surface area (Å²) in [5.41, 5.74) is 0. The summed E-state index contributed by atoms with van der Waals surface area (Å²) in [7, 11) is 1.65. The molecule has 0 spiro atoms. The Balaban J connectivity index is 4.10. The van der Waals surface area contributed by atoms with Gasteiger partial charge in [0.2, 0.25) is 11.8 Å². The molecule has 0 saturated heterocycles. The van der Waals surface area contributed by atoms with Crippen LogP contribution in [0.25, 0.3) is 0 Å². The summed E-state index contributed by atoms with van der Waals surface area (Å²) >= 11 is 3.98. The predicted molar refractivity (Wildman–Crippen MR) is 64.0 cm³/mol. The van der Waals surface area contributed by atoms with Gasteiger partial charge in [-0.3, -0.25) is 9.59 Å². The number of rotatable bonds is 6. The Bertz CT molecular complexity index is 217. The van der Waals surface area contributed by atoms with Gasteiger partial charge in [0.05, 0.1) is 6.54 Å². The molecule has 0 unspecified atom stereocenters. The van der Waals surface area contributed by atoms with Crippen LogP contribution in [0.3, 0.4) is 0 Å². The maximum absolute atomic E-state index is 11.6. The molecule has 4 nitrogen and oxygen atoms in total. The third-order valence-corrected chi connectivity index (χ3v) is 2.46. The minimum absolute atomic E-state index is 0.00462. The first-order chi connectivity index (χ1) is 7.06. The molecule has 0 aliphatic carbocycles. The fraction of sp³-hybridized carbons (Fsp3) is 0.800. The van der Waals surface area contributed by atoms with Crippen LogP contribution in [-0.4, -0.2) is 54.0 Å². The minimum Gasteiger partial charge on any atom is -0.342 e. The van der Waals surface area contributed by atoms with E-state index in [9.17, 15) is 9.59 Å². The van der Waals surface area contributed by atoms with Gasteiger partial charge in [-0.1, -0.05) is 0 Å². The molecule has 0 radical (unpaired) electrons. The van der Waals surface area contributed by atoms with Gasteiger partial charge in [-0.15, -0.1) is 0 Å². The molecule has 88 valence electrons. The zero-order valence-corrected chi connectivity index (χ0v) is 10.6. The zero-order chi connectivity index (χ0) is 11.8. The highest BCUT2D eigenvalue weighted by molar-refractivity contribution is 7.80. The molecule has 5 heteroatoms. The Kier molecular flexibility index (Phi) is 7.21. The van der Waals surface area contributed by atoms with Crippen molar-refractivity contribution in [3.05, 3.63) is 0 Å². The second-order valence-corrected chi connectivity index (χ2v) is 3.74. The molecule has 0 aliphatic rings. The van der Waals surface area contributed by atoms with Gasteiger partial charge < -0.3 is 9.80 Å². The van der Waals surface area contributed by atoms with Crippen molar-refractivity contribution in [1.29, 1.82) is 0 Å². The van der Waals surface area contributed by atoms with E-state index in [1.165, 1.54) is 4.90 Å². The van der Waals surface area contributed by atoms with Crippen molar-refractivity contribution >= 4 is 24.4 Å². The Morgan fingerprint density at radius 2 is 1.67 bits per heavy atom. The van der Waals surface area contributed by atoms with E-state index in [2.05, 4.69) is 12.6 Å². The minimum atomic E-state index is -0.0366. The summed E-state index contributed by atoms with van der Waals surface area (Å²) in [5.74, 6) is 0.475. The normalized spacial score (nSPS) is 9.87. The van der Waals surface area contributed by atoms with Crippen LogP contribution in [0.4, 0.5) is 0 Å². The molecule has 0 aromatic heterocycles. The zero-order valence-electron chi connectivity index (χ0n) is 9.69. The van der Waals surface area contributed by atoms with Crippen molar-refractivity contribution < 1.29 is 9.59 Å². The Labute approximate surface area is 97.0 Å². The van der Waals surface area contributed by atoms with E-state index in [1.807, 2.05) is 13.8 Å². The average Bonchev–Trinajstić information content (AvgIpc) is 2.19. The van der Waals surface area contributed by atoms with Crippen LogP contribution in [0.2, 0.25) is 0 Å². The highest BCUT2D eigenvalue weighted by atomic mass is 32.1. The molecule has 15 heavy (non-hydrogen) atoms. The Morgan fingerprint density at radius 3 is 2.07 bits per heavy atom. The first-order valence-corrected chi connectivity index (χ1v) is 5.82. The molecule has 0 bridgehead atoms. The molecule has 2 amide bonds. The molecule has 0 atom stereocenters. The third-order valence-electron chi connectivity index (χ3n) is 2.24. The second-order valence-electron chi connectivity index (χ2n) is 3.29. The summed E-state index contributed by atoms with van der Waals surface area (Å²) in [6, 6.07) is 0. The molecule has 0 aliphatic heterocycles. The quantitative estimate of drug-likeness (QED) is 0.683. The van der Waals surface area contributed by atoms with Crippen molar-refractivity contribution in [3.63, 3.8) is 0 Å². The van der Waals surface area contributed by atoms with Gasteiger partial charge >= 0.3 is 0 Å². The van der Waals surface area contributed by atoms with Crippen molar-refractivity contribution in [2.75, 3.05) is 32.4 Å². The number of likely N-dealkylation sites (N-methyl/N-ethyl adjacent to an activating group) is 2. The van der Waals surface area contributed by atoms with Crippen molar-refractivity contribution in [1.82, 2.24) is 9.80 Å². The maximum atomic E-state index is 11.6. The Morgan fingerprint density at radius 1 is 1.13 bits per heavy atom. The van der Waals surface area contributed by atoms with Gasteiger partial charge in [-0.2, -0.15) is 12.6 Å². The lowest BCUT2D eigenvalue weighted by Crippen LogP contribution is -2.41. The highest BCUT2D eigenvalue weighted by Gasteiger charge is 2.15. The SMILES string of the molecule is CCN(CC)C(=O)CN(C)C(=O)CCS. The van der Waals surface area contributed by atoms with E-state index in [4.69, 9.17) is 0 Å². The van der Waals surface area contributed by atoms with E-state index >= 15 is 0 Å². The number of hydrogen-bond acceptors (Lipinski definition) is 3. The monoisotopic (exact) mass is 232 g/mol. The maximum Gasteiger partial charge on any atom is 0.242 e. The molecule has 0 saturated carbocycles. The van der Waals surface area contributed by atoms with Gasteiger partial charge in [0.25, 0.3) is 0 Å². The van der Waals surface area contributed by atoms with Crippen molar-refractivity contribution in [2.24, 2.45) is 0 Å². The number of carbonyl (C=O) groups excluding carboxylic acids is 2. The largest absolute Gasteiger partial charge is 0.342 e. The fourth-order valence-corrected chi connectivity index (χ4v) is 1.45. The van der Waals surface area contributed by atoms with E-state index in [1.54, 1.807) is 11.9 Å². The van der Waals surface area contributed by atoms with Crippen LogP contribution >= 0.6 is 12.6 Å². The van der Waals surface area contributed by atoms with Crippen LogP contribution in [-0.2, 0) is 9.59 Å². The van der Waals surface area contributed by atoms with Crippen molar-refractivity contribution in [3.8, 4) is 0 Å². The van der Waals surface area contributed by atoms with Crippen LogP contribution in [0, 0.1) is 0 Å². The number of amides is 2. The van der Waals surface area contributed by atoms with Crippen LogP contribution in [0.1, 0.15) is 20.3 Å². The van der Waals surface area contributed by atoms with Crippen LogP contribution < -0.4 is 0 Å². The van der Waals surface area contributed by atoms with Gasteiger partial charge in [0.1, 0.15) is 0 Å². The lowest BCUT2D eigenvalue weighted by Gasteiger charge is -2.23. The van der Waals surface area contributed by atoms with Crippen molar-refractivity contribution in [2.45, 2.75) is 20.3 Å².